The van der Waals surface area contributed by atoms with Crippen LogP contribution in [0.3, 0.4) is 0 Å². The van der Waals surface area contributed by atoms with Crippen molar-refractivity contribution in [1.29, 1.82) is 5.26 Å². The molecule has 4 N–H and O–H groups in total. The third kappa shape index (κ3) is 4.79. The van der Waals surface area contributed by atoms with Gasteiger partial charge in [-0.25, -0.2) is 13.1 Å². The van der Waals surface area contributed by atoms with Crippen LogP contribution in [0.15, 0.2) is 23.1 Å². The molecule has 1 aromatic carbocycles. The third-order valence-corrected chi connectivity index (χ3v) is 3.93. The quantitative estimate of drug-likeness (QED) is 0.451. The second-order valence-electron chi connectivity index (χ2n) is 3.95. The van der Waals surface area contributed by atoms with Crippen LogP contribution in [0.5, 0.6) is 0 Å². The summed E-state index contributed by atoms with van der Waals surface area (Å²) in [7, 11) is -3.75. The summed E-state index contributed by atoms with van der Waals surface area (Å²) in [5.74, 6) is 0. The lowest BCUT2D eigenvalue weighted by atomic mass is 10.2. The van der Waals surface area contributed by atoms with Gasteiger partial charge in [-0.05, 0) is 24.6 Å². The van der Waals surface area contributed by atoms with Crippen molar-refractivity contribution in [2.24, 2.45) is 0 Å². The minimum absolute atomic E-state index is 0.00836. The molecule has 8 heteroatoms. The molecule has 0 aliphatic carbocycles. The van der Waals surface area contributed by atoms with Crippen molar-refractivity contribution in [2.45, 2.75) is 11.3 Å². The number of ether oxygens (including phenoxy) is 1. The molecular formula is C12H17N3O4S. The number of hydrogen-bond acceptors (Lipinski definition) is 6. The number of nitriles is 1. The van der Waals surface area contributed by atoms with Gasteiger partial charge in [0.25, 0.3) is 0 Å². The monoisotopic (exact) mass is 299 g/mol. The number of nitrogens with zero attached hydrogens (tertiary/aromatic N) is 1. The van der Waals surface area contributed by atoms with E-state index in [-0.39, 0.29) is 30.2 Å². The molecule has 0 radical (unpaired) electrons. The van der Waals surface area contributed by atoms with Crippen LogP contribution in [0.2, 0.25) is 0 Å². The Labute approximate surface area is 118 Å². The Morgan fingerprint density at radius 1 is 1.40 bits per heavy atom. The predicted molar refractivity (Wildman–Crippen MR) is 73.3 cm³/mol. The number of nitrogen functional groups attached to an aromatic ring is 1. The average Bonchev–Trinajstić information content (AvgIpc) is 2.42. The summed E-state index contributed by atoms with van der Waals surface area (Å²) in [5, 5.41) is 17.4. The minimum Gasteiger partial charge on any atom is -0.399 e. The number of hydrogen-bond donors (Lipinski definition) is 3. The molecular weight excluding hydrogens is 282 g/mol. The molecule has 0 heterocycles. The number of aliphatic hydroxyl groups excluding tert-OH is 1. The normalized spacial score (nSPS) is 11.2. The fourth-order valence-electron chi connectivity index (χ4n) is 1.49. The highest BCUT2D eigenvalue weighted by Gasteiger charge is 2.18. The summed E-state index contributed by atoms with van der Waals surface area (Å²) in [6.45, 7) is 0.685. The van der Waals surface area contributed by atoms with E-state index in [0.29, 0.717) is 18.7 Å². The average molecular weight is 299 g/mol. The van der Waals surface area contributed by atoms with Crippen LogP contribution >= 0.6 is 0 Å². The SMILES string of the molecule is N#Cc1cc(N)ccc1S(=O)(=O)NCCCOCCO. The molecule has 0 bridgehead atoms. The molecule has 0 fully saturated rings. The van der Waals surface area contributed by atoms with E-state index in [1.54, 1.807) is 0 Å². The van der Waals surface area contributed by atoms with Crippen LogP contribution in [0, 0.1) is 11.3 Å². The largest absolute Gasteiger partial charge is 0.399 e. The van der Waals surface area contributed by atoms with E-state index in [0.717, 1.165) is 0 Å². The van der Waals surface area contributed by atoms with Gasteiger partial charge in [0.2, 0.25) is 10.0 Å². The van der Waals surface area contributed by atoms with Crippen molar-refractivity contribution < 1.29 is 18.3 Å². The summed E-state index contributed by atoms with van der Waals surface area (Å²) < 4.78 is 31.5. The first kappa shape index (κ1) is 16.4. The van der Waals surface area contributed by atoms with Crippen molar-refractivity contribution >= 4 is 15.7 Å². The van der Waals surface area contributed by atoms with Gasteiger partial charge in [-0.2, -0.15) is 5.26 Å². The van der Waals surface area contributed by atoms with Gasteiger partial charge in [0.1, 0.15) is 6.07 Å². The number of benzene rings is 1. The third-order valence-electron chi connectivity index (χ3n) is 2.41. The smallest absolute Gasteiger partial charge is 0.241 e. The van der Waals surface area contributed by atoms with Gasteiger partial charge in [0, 0.05) is 18.8 Å². The zero-order chi connectivity index (χ0) is 15.0. The maximum atomic E-state index is 12.0. The molecule has 7 nitrogen and oxygen atoms in total. The number of nitrogens with two attached hydrogens (primary N) is 1. The zero-order valence-corrected chi connectivity index (χ0v) is 11.7. The molecule has 1 rings (SSSR count). The van der Waals surface area contributed by atoms with Crippen LogP contribution in [0.4, 0.5) is 5.69 Å². The van der Waals surface area contributed by atoms with Crippen LogP contribution in [0.1, 0.15) is 12.0 Å². The number of sulfonamides is 1. The summed E-state index contributed by atoms with van der Waals surface area (Å²) in [6.07, 6.45) is 0.468. The predicted octanol–water partition coefficient (Wildman–Crippen LogP) is -0.182. The van der Waals surface area contributed by atoms with Gasteiger partial charge in [0.15, 0.2) is 0 Å². The molecule has 0 aliphatic rings. The molecule has 0 aliphatic heterocycles. The van der Waals surface area contributed by atoms with Gasteiger partial charge < -0.3 is 15.6 Å². The molecule has 0 saturated carbocycles. The van der Waals surface area contributed by atoms with Crippen molar-refractivity contribution in [2.75, 3.05) is 32.1 Å². The van der Waals surface area contributed by atoms with E-state index in [2.05, 4.69) is 4.72 Å². The molecule has 20 heavy (non-hydrogen) atoms. The van der Waals surface area contributed by atoms with Gasteiger partial charge in [-0.1, -0.05) is 0 Å². The van der Waals surface area contributed by atoms with E-state index in [9.17, 15) is 8.42 Å². The molecule has 0 saturated heterocycles. The molecule has 0 atom stereocenters. The molecule has 0 aromatic heterocycles. The Kier molecular flexibility index (Phi) is 6.41. The lowest BCUT2D eigenvalue weighted by Gasteiger charge is -2.08. The Morgan fingerprint density at radius 3 is 2.80 bits per heavy atom. The van der Waals surface area contributed by atoms with Crippen molar-refractivity contribution in [1.82, 2.24) is 4.72 Å². The highest BCUT2D eigenvalue weighted by atomic mass is 32.2. The minimum atomic E-state index is -3.75. The summed E-state index contributed by atoms with van der Waals surface area (Å²) in [4.78, 5) is -0.0922. The Hall–Kier alpha value is -1.66. The number of rotatable bonds is 8. The number of nitrogens with one attached hydrogen (secondary N) is 1. The van der Waals surface area contributed by atoms with Gasteiger partial charge in [-0.15, -0.1) is 0 Å². The lowest BCUT2D eigenvalue weighted by molar-refractivity contribution is 0.0913. The Morgan fingerprint density at radius 2 is 2.15 bits per heavy atom. The number of aliphatic hydroxyl groups is 1. The number of anilines is 1. The fraction of sp³-hybridized carbons (Fsp3) is 0.417. The fourth-order valence-corrected chi connectivity index (χ4v) is 2.70. The van der Waals surface area contributed by atoms with Crippen molar-refractivity contribution in [3.63, 3.8) is 0 Å². The zero-order valence-electron chi connectivity index (χ0n) is 10.9. The van der Waals surface area contributed by atoms with Crippen LogP contribution in [-0.2, 0) is 14.8 Å². The Balaban J connectivity index is 2.63. The highest BCUT2D eigenvalue weighted by Crippen LogP contribution is 2.17. The van der Waals surface area contributed by atoms with E-state index in [4.69, 9.17) is 20.8 Å². The Bertz CT molecular complexity index is 581. The van der Waals surface area contributed by atoms with Gasteiger partial charge >= 0.3 is 0 Å². The second-order valence-corrected chi connectivity index (χ2v) is 5.69. The second kappa shape index (κ2) is 7.81. The van der Waals surface area contributed by atoms with Crippen LogP contribution < -0.4 is 10.5 Å². The van der Waals surface area contributed by atoms with E-state index < -0.39 is 10.0 Å². The first-order valence-corrected chi connectivity index (χ1v) is 7.47. The molecule has 0 spiro atoms. The summed E-state index contributed by atoms with van der Waals surface area (Å²) >= 11 is 0. The first-order valence-electron chi connectivity index (χ1n) is 5.99. The standard InChI is InChI=1S/C12H17N3O4S/c13-9-10-8-11(14)2-3-12(10)20(17,18)15-4-1-6-19-7-5-16/h2-3,8,15-16H,1,4-7,14H2. The van der Waals surface area contributed by atoms with E-state index in [1.165, 1.54) is 18.2 Å². The van der Waals surface area contributed by atoms with Crippen LogP contribution in [0.25, 0.3) is 0 Å². The van der Waals surface area contributed by atoms with E-state index in [1.807, 2.05) is 6.07 Å². The van der Waals surface area contributed by atoms with Crippen molar-refractivity contribution in [3.8, 4) is 6.07 Å². The first-order chi connectivity index (χ1) is 9.51. The van der Waals surface area contributed by atoms with Gasteiger partial charge in [-0.3, -0.25) is 0 Å². The maximum Gasteiger partial charge on any atom is 0.241 e. The summed E-state index contributed by atoms with van der Waals surface area (Å²) in [6, 6.07) is 5.86. The summed E-state index contributed by atoms with van der Waals surface area (Å²) in [5.41, 5.74) is 5.85. The lowest BCUT2D eigenvalue weighted by Crippen LogP contribution is -2.26. The highest BCUT2D eigenvalue weighted by molar-refractivity contribution is 7.89. The topological polar surface area (TPSA) is 125 Å². The molecule has 0 amide bonds. The van der Waals surface area contributed by atoms with Gasteiger partial charge in [0.05, 0.1) is 23.7 Å². The van der Waals surface area contributed by atoms with E-state index >= 15 is 0 Å². The van der Waals surface area contributed by atoms with Crippen LogP contribution in [-0.4, -0.2) is 39.9 Å². The molecule has 110 valence electrons. The molecule has 0 unspecified atom stereocenters. The maximum absolute atomic E-state index is 12.0. The van der Waals surface area contributed by atoms with Crippen molar-refractivity contribution in [3.05, 3.63) is 23.8 Å². The molecule has 1 aromatic rings.